The number of hydrogen-bond donors (Lipinski definition) is 0. The van der Waals surface area contributed by atoms with Gasteiger partial charge in [-0.15, -0.1) is 0 Å². The maximum absolute atomic E-state index is 2.44. The van der Waals surface area contributed by atoms with Crippen molar-refractivity contribution in [1.82, 2.24) is 0 Å². The molecule has 0 aliphatic carbocycles. The molecule has 0 atom stereocenters. The van der Waals surface area contributed by atoms with Gasteiger partial charge >= 0.3 is 106 Å². The molecule has 0 aliphatic heterocycles. The Labute approximate surface area is 106 Å². The first kappa shape index (κ1) is 13.5. The first-order chi connectivity index (χ1) is 7.83. The number of unbranched alkanes of at least 4 members (excludes halogenated alkanes) is 3. The summed E-state index contributed by atoms with van der Waals surface area (Å²) in [7, 11) is 0. The first-order valence-electron chi connectivity index (χ1n) is 6.20. The van der Waals surface area contributed by atoms with E-state index in [-0.39, 0.29) is 0 Å². The summed E-state index contributed by atoms with van der Waals surface area (Å²) in [5.41, 5.74) is 1.57. The molecule has 0 spiro atoms. The van der Waals surface area contributed by atoms with Crippen LogP contribution >= 0.6 is 0 Å². The van der Waals surface area contributed by atoms with Crippen LogP contribution in [0.1, 0.15) is 46.0 Å². The Morgan fingerprint density at radius 1 is 1.12 bits per heavy atom. The van der Waals surface area contributed by atoms with Gasteiger partial charge in [0.1, 0.15) is 0 Å². The maximum atomic E-state index is 2.44. The fourth-order valence-corrected chi connectivity index (χ4v) is 3.17. The second-order valence-corrected chi connectivity index (χ2v) is 6.18. The van der Waals surface area contributed by atoms with E-state index in [9.17, 15) is 0 Å². The van der Waals surface area contributed by atoms with Gasteiger partial charge in [0.05, 0.1) is 0 Å². The van der Waals surface area contributed by atoms with Gasteiger partial charge < -0.3 is 0 Å². The van der Waals surface area contributed by atoms with Gasteiger partial charge in [-0.25, -0.2) is 0 Å². The Hall–Kier alpha value is -0.521. The van der Waals surface area contributed by atoms with Crippen molar-refractivity contribution in [3.8, 4) is 0 Å². The van der Waals surface area contributed by atoms with Gasteiger partial charge in [0.15, 0.2) is 0 Å². The van der Waals surface area contributed by atoms with Crippen molar-refractivity contribution in [2.24, 2.45) is 0 Å². The molecule has 0 bridgehead atoms. The van der Waals surface area contributed by atoms with Gasteiger partial charge in [-0.3, -0.25) is 0 Å². The standard InChI is InChI=1S/C15H22Se/c1-3-4-5-7-10-14(2)13-16-15-11-8-6-9-12-15/h6,8-9,11-13H,3-5,7,10H2,1-2H3/b14-13+. The number of allylic oxidation sites excluding steroid dienone is 1. The molecule has 1 aromatic rings. The van der Waals surface area contributed by atoms with Gasteiger partial charge in [0, 0.05) is 0 Å². The number of hydrogen-bond acceptors (Lipinski definition) is 0. The summed E-state index contributed by atoms with van der Waals surface area (Å²) in [6, 6.07) is 10.8. The zero-order valence-electron chi connectivity index (χ0n) is 10.4. The Balaban J connectivity index is 2.23. The van der Waals surface area contributed by atoms with Gasteiger partial charge in [0.2, 0.25) is 0 Å². The zero-order valence-corrected chi connectivity index (χ0v) is 12.1. The Morgan fingerprint density at radius 2 is 1.88 bits per heavy atom. The summed E-state index contributed by atoms with van der Waals surface area (Å²) in [5, 5.41) is 0. The van der Waals surface area contributed by atoms with Crippen molar-refractivity contribution in [2.45, 2.75) is 46.0 Å². The molecule has 0 N–H and O–H groups in total. The molecule has 0 amide bonds. The monoisotopic (exact) mass is 282 g/mol. The molecule has 0 unspecified atom stereocenters. The van der Waals surface area contributed by atoms with Crippen LogP contribution in [-0.4, -0.2) is 15.0 Å². The molecular formula is C15H22Se. The topological polar surface area (TPSA) is 0 Å². The average Bonchev–Trinajstić information content (AvgIpc) is 2.33. The summed E-state index contributed by atoms with van der Waals surface area (Å²) in [6.45, 7) is 4.54. The fraction of sp³-hybridized carbons (Fsp3) is 0.467. The average molecular weight is 281 g/mol. The van der Waals surface area contributed by atoms with E-state index in [1.165, 1.54) is 36.6 Å². The molecule has 1 heteroatoms. The van der Waals surface area contributed by atoms with E-state index in [0.29, 0.717) is 15.0 Å². The van der Waals surface area contributed by atoms with Crippen molar-refractivity contribution >= 4 is 19.4 Å². The van der Waals surface area contributed by atoms with Crippen molar-refractivity contribution in [1.29, 1.82) is 0 Å². The molecule has 1 aromatic carbocycles. The summed E-state index contributed by atoms with van der Waals surface area (Å²) in [4.78, 5) is 2.44. The summed E-state index contributed by atoms with van der Waals surface area (Å²) >= 11 is 0.524. The molecule has 0 nitrogen and oxygen atoms in total. The summed E-state index contributed by atoms with van der Waals surface area (Å²) < 4.78 is 1.47. The number of rotatable bonds is 7. The van der Waals surface area contributed by atoms with E-state index >= 15 is 0 Å². The third-order valence-electron chi connectivity index (χ3n) is 2.56. The quantitative estimate of drug-likeness (QED) is 0.525. The van der Waals surface area contributed by atoms with Gasteiger partial charge in [0.25, 0.3) is 0 Å². The summed E-state index contributed by atoms with van der Waals surface area (Å²) in [6.07, 6.45) is 6.75. The zero-order chi connectivity index (χ0) is 11.6. The molecule has 88 valence electrons. The van der Waals surface area contributed by atoms with Crippen LogP contribution in [0.2, 0.25) is 0 Å². The van der Waals surface area contributed by atoms with Crippen LogP contribution in [0.3, 0.4) is 0 Å². The van der Waals surface area contributed by atoms with Crippen LogP contribution in [0, 0.1) is 0 Å². The van der Waals surface area contributed by atoms with Crippen LogP contribution in [0.4, 0.5) is 0 Å². The van der Waals surface area contributed by atoms with E-state index in [2.05, 4.69) is 49.2 Å². The third kappa shape index (κ3) is 6.15. The molecular weight excluding hydrogens is 259 g/mol. The van der Waals surface area contributed by atoms with Crippen LogP contribution < -0.4 is 4.46 Å². The van der Waals surface area contributed by atoms with E-state index in [4.69, 9.17) is 0 Å². The van der Waals surface area contributed by atoms with Crippen molar-refractivity contribution in [2.75, 3.05) is 0 Å². The minimum absolute atomic E-state index is 0.524. The Morgan fingerprint density at radius 3 is 2.56 bits per heavy atom. The predicted molar refractivity (Wildman–Crippen MR) is 74.3 cm³/mol. The molecule has 16 heavy (non-hydrogen) atoms. The molecule has 0 radical (unpaired) electrons. The molecule has 0 fully saturated rings. The second kappa shape index (κ2) is 8.61. The van der Waals surface area contributed by atoms with Gasteiger partial charge in [-0.05, 0) is 0 Å². The van der Waals surface area contributed by atoms with E-state index in [1.54, 1.807) is 5.57 Å². The van der Waals surface area contributed by atoms with Crippen molar-refractivity contribution in [3.05, 3.63) is 40.9 Å². The number of benzene rings is 1. The Bertz CT molecular complexity index is 300. The van der Waals surface area contributed by atoms with E-state index < -0.39 is 0 Å². The van der Waals surface area contributed by atoms with Crippen LogP contribution in [0.25, 0.3) is 0 Å². The predicted octanol–water partition coefficient (Wildman–Crippen LogP) is 3.89. The molecule has 0 aromatic heterocycles. The normalized spacial score (nSPS) is 11.8. The fourth-order valence-electron chi connectivity index (χ4n) is 1.56. The first-order valence-corrected chi connectivity index (χ1v) is 8.05. The molecule has 0 saturated carbocycles. The van der Waals surface area contributed by atoms with Crippen LogP contribution in [-0.2, 0) is 0 Å². The summed E-state index contributed by atoms with van der Waals surface area (Å²) in [5.74, 6) is 0. The van der Waals surface area contributed by atoms with Crippen LogP contribution in [0.15, 0.2) is 40.9 Å². The van der Waals surface area contributed by atoms with Crippen molar-refractivity contribution < 1.29 is 0 Å². The molecule has 0 aliphatic rings. The minimum atomic E-state index is 0.524. The Kier molecular flexibility index (Phi) is 7.29. The third-order valence-corrected chi connectivity index (χ3v) is 4.80. The SMILES string of the molecule is CCCCCC/C(C)=C/[Se]c1ccccc1. The van der Waals surface area contributed by atoms with Gasteiger partial charge in [-0.2, -0.15) is 0 Å². The van der Waals surface area contributed by atoms with Crippen LogP contribution in [0.5, 0.6) is 0 Å². The second-order valence-electron chi connectivity index (χ2n) is 4.21. The molecule has 1 rings (SSSR count). The molecule has 0 heterocycles. The van der Waals surface area contributed by atoms with E-state index in [0.717, 1.165) is 0 Å². The van der Waals surface area contributed by atoms with Gasteiger partial charge in [-0.1, -0.05) is 0 Å². The van der Waals surface area contributed by atoms with E-state index in [1.807, 2.05) is 0 Å². The van der Waals surface area contributed by atoms with Crippen molar-refractivity contribution in [3.63, 3.8) is 0 Å². The molecule has 0 saturated heterocycles.